The van der Waals surface area contributed by atoms with Crippen molar-refractivity contribution in [1.29, 1.82) is 0 Å². The van der Waals surface area contributed by atoms with Crippen molar-refractivity contribution in [3.05, 3.63) is 83.4 Å². The molecule has 0 aromatic heterocycles. The van der Waals surface area contributed by atoms with Crippen molar-refractivity contribution in [2.75, 3.05) is 7.05 Å². The molecule has 0 amide bonds. The molecule has 124 valence electrons. The molecule has 3 aromatic rings. The first-order chi connectivity index (χ1) is 11.4. The van der Waals surface area contributed by atoms with Gasteiger partial charge in [0, 0.05) is 13.1 Å². The van der Waals surface area contributed by atoms with E-state index in [9.17, 15) is 13.2 Å². The molecule has 1 nitrogen and oxygen atoms in total. The normalized spacial score (nSPS) is 12.0. The van der Waals surface area contributed by atoms with Crippen LogP contribution in [-0.2, 0) is 19.3 Å². The Balaban J connectivity index is 1.83. The molecular weight excluding hydrogens is 311 g/mol. The highest BCUT2D eigenvalue weighted by Crippen LogP contribution is 2.32. The Kier molecular flexibility index (Phi) is 4.58. The quantitative estimate of drug-likeness (QED) is 0.612. The number of fused-ring (bicyclic) bond motifs is 1. The molecule has 0 bridgehead atoms. The largest absolute Gasteiger partial charge is 0.416 e. The second kappa shape index (κ2) is 6.65. The predicted molar refractivity (Wildman–Crippen MR) is 90.6 cm³/mol. The van der Waals surface area contributed by atoms with Crippen molar-refractivity contribution in [3.63, 3.8) is 0 Å². The lowest BCUT2D eigenvalue weighted by atomic mass is 10.0. The molecular formula is C20H18F3N. The molecule has 0 fully saturated rings. The van der Waals surface area contributed by atoms with E-state index in [2.05, 4.69) is 0 Å². The monoisotopic (exact) mass is 329 g/mol. The average Bonchev–Trinajstić information content (AvgIpc) is 2.54. The Morgan fingerprint density at radius 2 is 1.33 bits per heavy atom. The fraction of sp³-hybridized carbons (Fsp3) is 0.200. The van der Waals surface area contributed by atoms with Crippen molar-refractivity contribution >= 4 is 10.8 Å². The number of hydrogen-bond acceptors (Lipinski definition) is 1. The third kappa shape index (κ3) is 3.60. The Bertz CT molecular complexity index is 834. The lowest BCUT2D eigenvalue weighted by Crippen LogP contribution is -2.20. The summed E-state index contributed by atoms with van der Waals surface area (Å²) in [6.45, 7) is 0.840. The van der Waals surface area contributed by atoms with Crippen molar-refractivity contribution in [1.82, 2.24) is 4.90 Å². The molecule has 0 saturated heterocycles. The first-order valence-corrected chi connectivity index (χ1v) is 7.75. The summed E-state index contributed by atoms with van der Waals surface area (Å²) in [6.07, 6.45) is -4.32. The van der Waals surface area contributed by atoms with E-state index in [0.717, 1.165) is 22.4 Å². The number of rotatable bonds is 4. The van der Waals surface area contributed by atoms with Crippen molar-refractivity contribution in [3.8, 4) is 0 Å². The van der Waals surface area contributed by atoms with E-state index < -0.39 is 11.7 Å². The highest BCUT2D eigenvalue weighted by atomic mass is 19.4. The molecule has 3 rings (SSSR count). The van der Waals surface area contributed by atoms with Crippen LogP contribution in [0.25, 0.3) is 10.8 Å². The first kappa shape index (κ1) is 16.5. The smallest absolute Gasteiger partial charge is 0.298 e. The molecule has 0 aliphatic rings. The fourth-order valence-electron chi connectivity index (χ4n) is 3.00. The van der Waals surface area contributed by atoms with Crippen LogP contribution in [0.3, 0.4) is 0 Å². The van der Waals surface area contributed by atoms with Crippen LogP contribution in [-0.4, -0.2) is 11.9 Å². The van der Waals surface area contributed by atoms with E-state index in [1.165, 1.54) is 6.07 Å². The van der Waals surface area contributed by atoms with Crippen LogP contribution < -0.4 is 0 Å². The van der Waals surface area contributed by atoms with Crippen LogP contribution in [0.4, 0.5) is 13.2 Å². The summed E-state index contributed by atoms with van der Waals surface area (Å²) in [5.74, 6) is 0. The number of hydrogen-bond donors (Lipinski definition) is 0. The van der Waals surface area contributed by atoms with E-state index in [4.69, 9.17) is 0 Å². The van der Waals surface area contributed by atoms with Gasteiger partial charge >= 0.3 is 6.18 Å². The topological polar surface area (TPSA) is 3.24 Å². The van der Waals surface area contributed by atoms with Gasteiger partial charge in [-0.25, -0.2) is 0 Å². The maximum atomic E-state index is 13.1. The third-order valence-corrected chi connectivity index (χ3v) is 4.08. The maximum absolute atomic E-state index is 13.1. The zero-order valence-corrected chi connectivity index (χ0v) is 13.3. The van der Waals surface area contributed by atoms with Gasteiger partial charge in [0.05, 0.1) is 5.56 Å². The van der Waals surface area contributed by atoms with Gasteiger partial charge in [0.25, 0.3) is 0 Å². The van der Waals surface area contributed by atoms with E-state index in [-0.39, 0.29) is 6.54 Å². The lowest BCUT2D eigenvalue weighted by Gasteiger charge is -2.20. The molecule has 4 heteroatoms. The van der Waals surface area contributed by atoms with Crippen molar-refractivity contribution < 1.29 is 13.2 Å². The van der Waals surface area contributed by atoms with Gasteiger partial charge in [0.2, 0.25) is 0 Å². The highest BCUT2D eigenvalue weighted by Gasteiger charge is 2.32. The van der Waals surface area contributed by atoms with Crippen LogP contribution in [0.2, 0.25) is 0 Å². The molecule has 0 radical (unpaired) electrons. The van der Waals surface area contributed by atoms with Gasteiger partial charge in [-0.05, 0) is 35.0 Å². The Morgan fingerprint density at radius 3 is 2.12 bits per heavy atom. The van der Waals surface area contributed by atoms with E-state index in [0.29, 0.717) is 12.1 Å². The Hall–Kier alpha value is -2.33. The molecule has 0 spiro atoms. The zero-order chi connectivity index (χ0) is 17.2. The minimum Gasteiger partial charge on any atom is -0.298 e. The number of alkyl halides is 3. The second-order valence-corrected chi connectivity index (χ2v) is 5.97. The Morgan fingerprint density at radius 1 is 0.750 bits per heavy atom. The minimum absolute atomic E-state index is 0.249. The average molecular weight is 329 g/mol. The van der Waals surface area contributed by atoms with Gasteiger partial charge in [-0.3, -0.25) is 4.90 Å². The summed E-state index contributed by atoms with van der Waals surface area (Å²) in [7, 11) is 1.84. The SMILES string of the molecule is CN(Cc1ccccc1C(F)(F)F)Cc1cccc2ccccc12. The van der Waals surface area contributed by atoms with Crippen LogP contribution in [0, 0.1) is 0 Å². The number of halogens is 3. The minimum atomic E-state index is -4.32. The van der Waals surface area contributed by atoms with Crippen LogP contribution >= 0.6 is 0 Å². The molecule has 3 aromatic carbocycles. The summed E-state index contributed by atoms with van der Waals surface area (Å²) >= 11 is 0. The Labute approximate surface area is 139 Å². The molecule has 0 heterocycles. The predicted octanol–water partition coefficient (Wildman–Crippen LogP) is 5.49. The molecule has 0 N–H and O–H groups in total. The van der Waals surface area contributed by atoms with Crippen LogP contribution in [0.15, 0.2) is 66.7 Å². The fourth-order valence-corrected chi connectivity index (χ4v) is 3.00. The van der Waals surface area contributed by atoms with Gasteiger partial charge in [0.1, 0.15) is 0 Å². The molecule has 0 aliphatic carbocycles. The van der Waals surface area contributed by atoms with Gasteiger partial charge in [0.15, 0.2) is 0 Å². The molecule has 0 atom stereocenters. The summed E-state index contributed by atoms with van der Waals surface area (Å²) in [4.78, 5) is 1.91. The van der Waals surface area contributed by atoms with Gasteiger partial charge in [-0.1, -0.05) is 60.7 Å². The summed E-state index contributed by atoms with van der Waals surface area (Å²) in [5.41, 5.74) is 0.850. The lowest BCUT2D eigenvalue weighted by molar-refractivity contribution is -0.138. The van der Waals surface area contributed by atoms with Gasteiger partial charge < -0.3 is 0 Å². The van der Waals surface area contributed by atoms with E-state index in [1.807, 2.05) is 54.4 Å². The first-order valence-electron chi connectivity index (χ1n) is 7.75. The molecule has 0 saturated carbocycles. The number of nitrogens with zero attached hydrogens (tertiary/aromatic N) is 1. The summed E-state index contributed by atoms with van der Waals surface area (Å²) < 4.78 is 39.3. The second-order valence-electron chi connectivity index (χ2n) is 5.97. The number of benzene rings is 3. The molecule has 24 heavy (non-hydrogen) atoms. The van der Waals surface area contributed by atoms with Crippen LogP contribution in [0.5, 0.6) is 0 Å². The summed E-state index contributed by atoms with van der Waals surface area (Å²) in [5, 5.41) is 2.27. The standard InChI is InChI=1S/C20H18F3N/c1-24(14-17-8-3-5-12-19(17)20(21,22)23)13-16-10-6-9-15-7-2-4-11-18(15)16/h2-12H,13-14H2,1H3. The van der Waals surface area contributed by atoms with E-state index >= 15 is 0 Å². The van der Waals surface area contributed by atoms with Crippen LogP contribution in [0.1, 0.15) is 16.7 Å². The molecule has 0 aliphatic heterocycles. The van der Waals surface area contributed by atoms with Crippen molar-refractivity contribution in [2.24, 2.45) is 0 Å². The van der Waals surface area contributed by atoms with E-state index in [1.54, 1.807) is 12.1 Å². The van der Waals surface area contributed by atoms with Crippen molar-refractivity contribution in [2.45, 2.75) is 19.3 Å². The zero-order valence-electron chi connectivity index (χ0n) is 13.3. The highest BCUT2D eigenvalue weighted by molar-refractivity contribution is 5.85. The van der Waals surface area contributed by atoms with Gasteiger partial charge in [-0.15, -0.1) is 0 Å². The third-order valence-electron chi connectivity index (χ3n) is 4.08. The maximum Gasteiger partial charge on any atom is 0.416 e. The van der Waals surface area contributed by atoms with Gasteiger partial charge in [-0.2, -0.15) is 13.2 Å². The molecule has 0 unspecified atom stereocenters. The summed E-state index contributed by atoms with van der Waals surface area (Å²) in [6, 6.07) is 19.8.